The molecule has 2 N–H and O–H groups in total. The van der Waals surface area contributed by atoms with Crippen molar-refractivity contribution in [2.75, 3.05) is 5.75 Å². The lowest BCUT2D eigenvalue weighted by atomic mass is 10.4. The molecule has 0 aliphatic carbocycles. The Kier molecular flexibility index (Phi) is 5.46. The van der Waals surface area contributed by atoms with Gasteiger partial charge in [-0.1, -0.05) is 23.7 Å². The number of halogens is 1. The van der Waals surface area contributed by atoms with Gasteiger partial charge in [0.1, 0.15) is 0 Å². The summed E-state index contributed by atoms with van der Waals surface area (Å²) in [6, 6.07) is 10.7. The lowest BCUT2D eigenvalue weighted by molar-refractivity contribution is -0.119. The highest BCUT2D eigenvalue weighted by Gasteiger charge is 2.08. The lowest BCUT2D eigenvalue weighted by Crippen LogP contribution is -2.42. The third-order valence-corrected chi connectivity index (χ3v) is 4.32. The SMILES string of the molecule is O=C(CSc1cccc(Cl)c1)NNC(=O)c1cccs1. The molecule has 0 aliphatic heterocycles. The summed E-state index contributed by atoms with van der Waals surface area (Å²) in [5.41, 5.74) is 4.73. The van der Waals surface area contributed by atoms with Gasteiger partial charge in [0.25, 0.3) is 5.91 Å². The van der Waals surface area contributed by atoms with E-state index in [0.29, 0.717) is 9.90 Å². The van der Waals surface area contributed by atoms with Gasteiger partial charge in [0, 0.05) is 9.92 Å². The zero-order valence-electron chi connectivity index (χ0n) is 10.3. The first-order valence-corrected chi connectivity index (χ1v) is 7.90. The molecule has 2 amide bonds. The van der Waals surface area contributed by atoms with Crippen LogP contribution in [0.15, 0.2) is 46.7 Å². The van der Waals surface area contributed by atoms with E-state index in [1.165, 1.54) is 23.1 Å². The molecule has 0 bridgehead atoms. The van der Waals surface area contributed by atoms with Crippen molar-refractivity contribution in [3.8, 4) is 0 Å². The number of amides is 2. The molecular formula is C13H11ClN2O2S2. The Morgan fingerprint density at radius 2 is 2.05 bits per heavy atom. The third-order valence-electron chi connectivity index (χ3n) is 2.23. The minimum atomic E-state index is -0.318. The number of benzene rings is 1. The zero-order valence-corrected chi connectivity index (χ0v) is 12.6. The molecule has 0 saturated heterocycles. The van der Waals surface area contributed by atoms with Crippen LogP contribution in [0, 0.1) is 0 Å². The minimum absolute atomic E-state index is 0.199. The van der Waals surface area contributed by atoms with Crippen LogP contribution in [0.5, 0.6) is 0 Å². The van der Waals surface area contributed by atoms with Gasteiger partial charge in [-0.3, -0.25) is 20.4 Å². The first kappa shape index (κ1) is 14.9. The van der Waals surface area contributed by atoms with Crippen LogP contribution in [-0.4, -0.2) is 17.6 Å². The van der Waals surface area contributed by atoms with Crippen LogP contribution in [0.25, 0.3) is 0 Å². The highest BCUT2D eigenvalue weighted by Crippen LogP contribution is 2.21. The van der Waals surface area contributed by atoms with Crippen LogP contribution in [0.4, 0.5) is 0 Å². The number of carbonyl (C=O) groups excluding carboxylic acids is 2. The molecule has 0 radical (unpaired) electrons. The van der Waals surface area contributed by atoms with Crippen LogP contribution in [-0.2, 0) is 4.79 Å². The molecule has 4 nitrogen and oxygen atoms in total. The van der Waals surface area contributed by atoms with Crippen molar-refractivity contribution in [3.05, 3.63) is 51.7 Å². The fourth-order valence-corrected chi connectivity index (χ4v) is 2.97. The normalized spacial score (nSPS) is 10.1. The largest absolute Gasteiger partial charge is 0.279 e. The molecule has 0 saturated carbocycles. The van der Waals surface area contributed by atoms with E-state index in [0.717, 1.165) is 4.90 Å². The first-order chi connectivity index (χ1) is 9.65. The highest BCUT2D eigenvalue weighted by molar-refractivity contribution is 8.00. The van der Waals surface area contributed by atoms with Crippen molar-refractivity contribution in [1.82, 2.24) is 10.9 Å². The van der Waals surface area contributed by atoms with E-state index in [9.17, 15) is 9.59 Å². The molecule has 0 fully saturated rings. The standard InChI is InChI=1S/C13H11ClN2O2S2/c14-9-3-1-4-10(7-9)20-8-12(17)15-16-13(18)11-5-2-6-19-11/h1-7H,8H2,(H,15,17)(H,16,18). The maximum atomic E-state index is 11.6. The van der Waals surface area contributed by atoms with E-state index in [-0.39, 0.29) is 17.6 Å². The summed E-state index contributed by atoms with van der Waals surface area (Å²) in [6.07, 6.45) is 0. The summed E-state index contributed by atoms with van der Waals surface area (Å²) < 4.78 is 0. The average Bonchev–Trinajstić information content (AvgIpc) is 2.97. The number of rotatable bonds is 4. The van der Waals surface area contributed by atoms with Gasteiger partial charge in [0.05, 0.1) is 10.6 Å². The molecular weight excluding hydrogens is 316 g/mol. The predicted octanol–water partition coefficient (Wildman–Crippen LogP) is 2.95. The number of thiophene rings is 1. The van der Waals surface area contributed by atoms with E-state index in [2.05, 4.69) is 10.9 Å². The van der Waals surface area contributed by atoms with Crippen molar-refractivity contribution in [2.24, 2.45) is 0 Å². The Labute approximate surface area is 129 Å². The van der Waals surface area contributed by atoms with Gasteiger partial charge >= 0.3 is 0 Å². The van der Waals surface area contributed by atoms with E-state index in [4.69, 9.17) is 11.6 Å². The van der Waals surface area contributed by atoms with E-state index >= 15 is 0 Å². The maximum absolute atomic E-state index is 11.6. The highest BCUT2D eigenvalue weighted by atomic mass is 35.5. The smallest absolute Gasteiger partial charge is 0.272 e. The number of hydrogen-bond acceptors (Lipinski definition) is 4. The second kappa shape index (κ2) is 7.33. The number of nitrogens with one attached hydrogen (secondary N) is 2. The Morgan fingerprint density at radius 1 is 1.20 bits per heavy atom. The summed E-state index contributed by atoms with van der Waals surface area (Å²) in [5.74, 6) is -0.397. The number of carbonyl (C=O) groups is 2. The second-order valence-electron chi connectivity index (χ2n) is 3.73. The molecule has 1 aromatic heterocycles. The zero-order chi connectivity index (χ0) is 14.4. The van der Waals surface area contributed by atoms with Gasteiger partial charge in [-0.05, 0) is 29.6 Å². The molecule has 1 aromatic carbocycles. The quantitative estimate of drug-likeness (QED) is 0.671. The number of thioether (sulfide) groups is 1. The third kappa shape index (κ3) is 4.56. The molecule has 0 aliphatic rings. The van der Waals surface area contributed by atoms with Crippen LogP contribution in [0.2, 0.25) is 5.02 Å². The number of hydrazine groups is 1. The Morgan fingerprint density at radius 3 is 2.75 bits per heavy atom. The molecule has 2 rings (SSSR count). The molecule has 2 aromatic rings. The summed E-state index contributed by atoms with van der Waals surface area (Å²) in [4.78, 5) is 24.6. The molecule has 0 unspecified atom stereocenters. The second-order valence-corrected chi connectivity index (χ2v) is 6.16. The topological polar surface area (TPSA) is 58.2 Å². The van der Waals surface area contributed by atoms with Gasteiger partial charge in [0.2, 0.25) is 5.91 Å². The Hall–Kier alpha value is -1.50. The van der Waals surface area contributed by atoms with Gasteiger partial charge in [-0.2, -0.15) is 0 Å². The van der Waals surface area contributed by atoms with Crippen molar-refractivity contribution in [1.29, 1.82) is 0 Å². The molecule has 0 spiro atoms. The Balaban J connectivity index is 1.74. The van der Waals surface area contributed by atoms with Gasteiger partial charge in [-0.15, -0.1) is 23.1 Å². The first-order valence-electron chi connectivity index (χ1n) is 5.66. The predicted molar refractivity (Wildman–Crippen MR) is 82.1 cm³/mol. The van der Waals surface area contributed by atoms with Crippen LogP contribution in [0.1, 0.15) is 9.67 Å². The van der Waals surface area contributed by atoms with Crippen molar-refractivity contribution < 1.29 is 9.59 Å². The fraction of sp³-hybridized carbons (Fsp3) is 0.0769. The molecule has 0 atom stereocenters. The molecule has 104 valence electrons. The van der Waals surface area contributed by atoms with Gasteiger partial charge < -0.3 is 0 Å². The monoisotopic (exact) mass is 326 g/mol. The summed E-state index contributed by atoms with van der Waals surface area (Å²) in [7, 11) is 0. The van der Waals surface area contributed by atoms with Gasteiger partial charge in [0.15, 0.2) is 0 Å². The Bertz CT molecular complexity index is 602. The summed E-state index contributed by atoms with van der Waals surface area (Å²) in [5, 5.41) is 2.42. The lowest BCUT2D eigenvalue weighted by Gasteiger charge is -2.06. The molecule has 1 heterocycles. The fourth-order valence-electron chi connectivity index (χ4n) is 1.34. The molecule has 7 heteroatoms. The van der Waals surface area contributed by atoms with Crippen LogP contribution >= 0.6 is 34.7 Å². The van der Waals surface area contributed by atoms with Crippen LogP contribution in [0.3, 0.4) is 0 Å². The van der Waals surface area contributed by atoms with Crippen molar-refractivity contribution in [2.45, 2.75) is 4.90 Å². The van der Waals surface area contributed by atoms with Gasteiger partial charge in [-0.25, -0.2) is 0 Å². The van der Waals surface area contributed by atoms with Crippen molar-refractivity contribution in [3.63, 3.8) is 0 Å². The molecule has 20 heavy (non-hydrogen) atoms. The maximum Gasteiger partial charge on any atom is 0.279 e. The van der Waals surface area contributed by atoms with E-state index < -0.39 is 0 Å². The summed E-state index contributed by atoms with van der Waals surface area (Å²) in [6.45, 7) is 0. The summed E-state index contributed by atoms with van der Waals surface area (Å²) >= 11 is 8.51. The van der Waals surface area contributed by atoms with E-state index in [1.54, 1.807) is 29.6 Å². The minimum Gasteiger partial charge on any atom is -0.272 e. The van der Waals surface area contributed by atoms with Crippen LogP contribution < -0.4 is 10.9 Å². The number of hydrogen-bond donors (Lipinski definition) is 2. The van der Waals surface area contributed by atoms with E-state index in [1.807, 2.05) is 12.1 Å². The van der Waals surface area contributed by atoms with Crippen molar-refractivity contribution >= 4 is 46.5 Å². The average molecular weight is 327 g/mol.